The van der Waals surface area contributed by atoms with Crippen molar-refractivity contribution in [2.45, 2.75) is 59.0 Å². The molecule has 0 saturated heterocycles. The van der Waals surface area contributed by atoms with Crippen LogP contribution in [0.25, 0.3) is 0 Å². The van der Waals surface area contributed by atoms with E-state index in [9.17, 15) is 4.79 Å². The number of aromatic nitrogens is 2. The molecule has 1 N–H and O–H groups in total. The maximum Gasteiger partial charge on any atom is 0.261 e. The Balaban J connectivity index is 1.63. The molecule has 0 fully saturated rings. The molecule has 0 aromatic carbocycles. The van der Waals surface area contributed by atoms with Crippen molar-refractivity contribution in [2.24, 2.45) is 0 Å². The third-order valence-corrected chi connectivity index (χ3v) is 5.38. The molecule has 3 rings (SSSR count). The molecule has 0 radical (unpaired) electrons. The van der Waals surface area contributed by atoms with Crippen LogP contribution in [-0.2, 0) is 19.4 Å². The number of hydrogen-bond acceptors (Lipinski definition) is 3. The number of carbonyl (C=O) groups is 1. The lowest BCUT2D eigenvalue weighted by Gasteiger charge is -2.14. The SMILES string of the molecule is Cc1cc(C)n(CC(C)NC(=O)c2cc3c(s2)CCCC3)n1. The summed E-state index contributed by atoms with van der Waals surface area (Å²) >= 11 is 1.66. The highest BCUT2D eigenvalue weighted by molar-refractivity contribution is 7.14. The molecular weight excluding hydrogens is 294 g/mol. The molecule has 22 heavy (non-hydrogen) atoms. The zero-order valence-corrected chi connectivity index (χ0v) is 14.3. The number of fused-ring (bicyclic) bond motifs is 1. The Bertz CT molecular complexity index is 663. The van der Waals surface area contributed by atoms with E-state index < -0.39 is 0 Å². The van der Waals surface area contributed by atoms with Gasteiger partial charge in [0.05, 0.1) is 17.1 Å². The van der Waals surface area contributed by atoms with Gasteiger partial charge < -0.3 is 5.32 Å². The summed E-state index contributed by atoms with van der Waals surface area (Å²) in [6.07, 6.45) is 4.76. The lowest BCUT2D eigenvalue weighted by Crippen LogP contribution is -2.35. The summed E-state index contributed by atoms with van der Waals surface area (Å²) in [5, 5.41) is 7.55. The molecule has 118 valence electrons. The first-order chi connectivity index (χ1) is 10.5. The van der Waals surface area contributed by atoms with Gasteiger partial charge in [0.15, 0.2) is 0 Å². The van der Waals surface area contributed by atoms with Crippen LogP contribution >= 0.6 is 11.3 Å². The third-order valence-electron chi connectivity index (χ3n) is 4.15. The molecule has 0 spiro atoms. The Morgan fingerprint density at radius 2 is 2.14 bits per heavy atom. The summed E-state index contributed by atoms with van der Waals surface area (Å²) in [4.78, 5) is 14.7. The fourth-order valence-corrected chi connectivity index (χ4v) is 4.22. The summed E-state index contributed by atoms with van der Waals surface area (Å²) in [5.74, 6) is 0.0495. The van der Waals surface area contributed by atoms with Crippen molar-refractivity contribution in [2.75, 3.05) is 0 Å². The predicted molar refractivity (Wildman–Crippen MR) is 89.6 cm³/mol. The van der Waals surface area contributed by atoms with Crippen molar-refractivity contribution in [1.29, 1.82) is 0 Å². The van der Waals surface area contributed by atoms with Crippen molar-refractivity contribution in [3.8, 4) is 0 Å². The van der Waals surface area contributed by atoms with Gasteiger partial charge >= 0.3 is 0 Å². The number of amides is 1. The van der Waals surface area contributed by atoms with Crippen molar-refractivity contribution < 1.29 is 4.79 Å². The molecule has 0 saturated carbocycles. The first-order valence-corrected chi connectivity index (χ1v) is 8.78. The van der Waals surface area contributed by atoms with Gasteiger partial charge in [-0.3, -0.25) is 9.48 Å². The second-order valence-corrected chi connectivity index (χ2v) is 7.39. The lowest BCUT2D eigenvalue weighted by atomic mass is 9.99. The van der Waals surface area contributed by atoms with E-state index in [4.69, 9.17) is 0 Å². The first kappa shape index (κ1) is 15.3. The normalized spacial score (nSPS) is 15.4. The number of rotatable bonds is 4. The van der Waals surface area contributed by atoms with Crippen LogP contribution in [0.15, 0.2) is 12.1 Å². The summed E-state index contributed by atoms with van der Waals surface area (Å²) in [7, 11) is 0. The van der Waals surface area contributed by atoms with Gasteiger partial charge in [0, 0.05) is 16.6 Å². The number of hydrogen-bond donors (Lipinski definition) is 1. The zero-order valence-electron chi connectivity index (χ0n) is 13.5. The van der Waals surface area contributed by atoms with Crippen LogP contribution in [0.5, 0.6) is 0 Å². The van der Waals surface area contributed by atoms with Crippen LogP contribution in [0.3, 0.4) is 0 Å². The Kier molecular flexibility index (Phi) is 4.34. The van der Waals surface area contributed by atoms with E-state index in [1.807, 2.05) is 25.5 Å². The largest absolute Gasteiger partial charge is 0.347 e. The average Bonchev–Trinajstić information content (AvgIpc) is 3.02. The van der Waals surface area contributed by atoms with Crippen molar-refractivity contribution in [3.05, 3.63) is 38.8 Å². The highest BCUT2D eigenvalue weighted by atomic mass is 32.1. The molecule has 0 aliphatic heterocycles. The highest BCUT2D eigenvalue weighted by Crippen LogP contribution is 2.29. The van der Waals surface area contributed by atoms with E-state index >= 15 is 0 Å². The molecule has 1 aliphatic carbocycles. The van der Waals surface area contributed by atoms with E-state index in [0.29, 0.717) is 6.54 Å². The highest BCUT2D eigenvalue weighted by Gasteiger charge is 2.18. The standard InChI is InChI=1S/C17H23N3OS/c1-11-8-13(3)20(19-11)10-12(2)18-17(21)16-9-14-6-4-5-7-15(14)22-16/h8-9,12H,4-7,10H2,1-3H3,(H,18,21). The Hall–Kier alpha value is -1.62. The molecule has 0 bridgehead atoms. The van der Waals surface area contributed by atoms with Crippen LogP contribution in [0.4, 0.5) is 0 Å². The van der Waals surface area contributed by atoms with Gasteiger partial charge in [-0.2, -0.15) is 5.10 Å². The summed E-state index contributed by atoms with van der Waals surface area (Å²) in [6, 6.07) is 4.21. The Labute approximate surface area is 135 Å². The number of nitrogens with one attached hydrogen (secondary N) is 1. The number of thiophene rings is 1. The number of nitrogens with zero attached hydrogens (tertiary/aromatic N) is 2. The molecule has 2 heterocycles. The van der Waals surface area contributed by atoms with Crippen molar-refractivity contribution in [3.63, 3.8) is 0 Å². The van der Waals surface area contributed by atoms with Gasteiger partial charge in [-0.05, 0) is 64.2 Å². The zero-order chi connectivity index (χ0) is 15.7. The van der Waals surface area contributed by atoms with Crippen LogP contribution in [0, 0.1) is 13.8 Å². The van der Waals surface area contributed by atoms with Crippen molar-refractivity contribution in [1.82, 2.24) is 15.1 Å². The van der Waals surface area contributed by atoms with Gasteiger partial charge in [0.25, 0.3) is 5.91 Å². The minimum Gasteiger partial charge on any atom is -0.347 e. The molecule has 1 unspecified atom stereocenters. The molecule has 2 aromatic heterocycles. The molecule has 2 aromatic rings. The van der Waals surface area contributed by atoms with Crippen LogP contribution in [0.1, 0.15) is 51.3 Å². The van der Waals surface area contributed by atoms with Crippen molar-refractivity contribution >= 4 is 17.2 Å². The summed E-state index contributed by atoms with van der Waals surface area (Å²) < 4.78 is 1.96. The van der Waals surface area contributed by atoms with Gasteiger partial charge in [0.2, 0.25) is 0 Å². The fraction of sp³-hybridized carbons (Fsp3) is 0.529. The van der Waals surface area contributed by atoms with Gasteiger partial charge in [-0.25, -0.2) is 0 Å². The van der Waals surface area contributed by atoms with Gasteiger partial charge in [-0.1, -0.05) is 0 Å². The lowest BCUT2D eigenvalue weighted by molar-refractivity contribution is 0.0940. The average molecular weight is 317 g/mol. The Morgan fingerprint density at radius 1 is 1.36 bits per heavy atom. The molecular formula is C17H23N3OS. The van der Waals surface area contributed by atoms with Gasteiger partial charge in [0.1, 0.15) is 0 Å². The number of aryl methyl sites for hydroxylation is 4. The van der Waals surface area contributed by atoms with E-state index in [2.05, 4.69) is 22.5 Å². The monoisotopic (exact) mass is 317 g/mol. The van der Waals surface area contributed by atoms with Gasteiger partial charge in [-0.15, -0.1) is 11.3 Å². The molecule has 1 amide bonds. The first-order valence-electron chi connectivity index (χ1n) is 7.96. The maximum atomic E-state index is 12.4. The van der Waals surface area contributed by atoms with E-state index in [-0.39, 0.29) is 11.9 Å². The van der Waals surface area contributed by atoms with Crippen LogP contribution in [-0.4, -0.2) is 21.7 Å². The van der Waals surface area contributed by atoms with E-state index in [1.165, 1.54) is 23.3 Å². The summed E-state index contributed by atoms with van der Waals surface area (Å²) in [5.41, 5.74) is 3.53. The summed E-state index contributed by atoms with van der Waals surface area (Å²) in [6.45, 7) is 6.77. The van der Waals surface area contributed by atoms with Crippen LogP contribution < -0.4 is 5.32 Å². The second kappa shape index (κ2) is 6.24. The van der Waals surface area contributed by atoms with E-state index in [0.717, 1.165) is 29.1 Å². The predicted octanol–water partition coefficient (Wildman–Crippen LogP) is 3.26. The Morgan fingerprint density at radius 3 is 2.82 bits per heavy atom. The fourth-order valence-electron chi connectivity index (χ4n) is 3.06. The molecule has 4 nitrogen and oxygen atoms in total. The smallest absolute Gasteiger partial charge is 0.261 e. The molecule has 1 aliphatic rings. The maximum absolute atomic E-state index is 12.4. The topological polar surface area (TPSA) is 46.9 Å². The third kappa shape index (κ3) is 3.24. The second-order valence-electron chi connectivity index (χ2n) is 6.25. The van der Waals surface area contributed by atoms with E-state index in [1.54, 1.807) is 11.3 Å². The molecule has 5 heteroatoms. The quantitative estimate of drug-likeness (QED) is 0.941. The minimum absolute atomic E-state index is 0.0495. The molecule has 1 atom stereocenters. The van der Waals surface area contributed by atoms with Crippen LogP contribution in [0.2, 0.25) is 0 Å². The minimum atomic E-state index is 0.0495. The number of carbonyl (C=O) groups excluding carboxylic acids is 1.